The van der Waals surface area contributed by atoms with E-state index >= 15 is 0 Å². The van der Waals surface area contributed by atoms with Crippen LogP contribution >= 0.6 is 0 Å². The van der Waals surface area contributed by atoms with Crippen LogP contribution in [0.4, 0.5) is 0 Å². The average molecular weight is 411 g/mol. The van der Waals surface area contributed by atoms with Crippen molar-refractivity contribution in [2.24, 2.45) is 11.8 Å². The van der Waals surface area contributed by atoms with Gasteiger partial charge in [0.15, 0.2) is 0 Å². The molecule has 0 unspecified atom stereocenters. The summed E-state index contributed by atoms with van der Waals surface area (Å²) < 4.78 is 0. The fraction of sp³-hybridized carbons (Fsp3) is 0.875. The number of rotatable bonds is 4. The molecule has 0 saturated carbocycles. The summed E-state index contributed by atoms with van der Waals surface area (Å²) in [5.74, 6) is 3.42. The monoisotopic (exact) mass is 412 g/mol. The quantitative estimate of drug-likeness (QED) is 0.459. The summed E-state index contributed by atoms with van der Waals surface area (Å²) in [6.07, 6.45) is 6.38. The standard InChI is InChI=1S/2C5H12S.2C3H7.Sn/c2*1-5(2)3-4-6;2*1-3-2;/h2*5-6H,3-4H2,1-2H3;2*3H,1-2H3;/q;;;;+2/p-2. The van der Waals surface area contributed by atoms with Gasteiger partial charge in [-0.15, -0.1) is 0 Å². The first kappa shape index (κ1) is 32.4. The second-order valence-corrected chi connectivity index (χ2v) is 5.74. The van der Waals surface area contributed by atoms with Crippen LogP contribution in [0.1, 0.15) is 68.2 Å². The molecule has 0 heterocycles. The Morgan fingerprint density at radius 3 is 0.842 bits per heavy atom. The maximum absolute atomic E-state index is 4.73. The van der Waals surface area contributed by atoms with Gasteiger partial charge < -0.3 is 25.3 Å². The molecule has 0 aromatic rings. The van der Waals surface area contributed by atoms with E-state index in [2.05, 4.69) is 27.7 Å². The molecule has 0 saturated heterocycles. The van der Waals surface area contributed by atoms with E-state index in [9.17, 15) is 0 Å². The maximum atomic E-state index is 4.73. The Labute approximate surface area is 153 Å². The van der Waals surface area contributed by atoms with Gasteiger partial charge in [-0.2, -0.15) is 11.5 Å². The third-order valence-corrected chi connectivity index (χ3v) is 1.86. The molecule has 4 radical (unpaired) electrons. The van der Waals surface area contributed by atoms with Crippen LogP contribution in [0.5, 0.6) is 0 Å². The van der Waals surface area contributed by atoms with Gasteiger partial charge in [0, 0.05) is 0 Å². The maximum Gasteiger partial charge on any atom is 2.00 e. The summed E-state index contributed by atoms with van der Waals surface area (Å²) >= 11 is 9.46. The molecule has 0 aliphatic heterocycles. The topological polar surface area (TPSA) is 0 Å². The summed E-state index contributed by atoms with van der Waals surface area (Å²) in [5.41, 5.74) is 0. The molecule has 0 fully saturated rings. The smallest absolute Gasteiger partial charge is 0.793 e. The molecule has 3 heteroatoms. The van der Waals surface area contributed by atoms with Crippen molar-refractivity contribution in [3.8, 4) is 0 Å². The van der Waals surface area contributed by atoms with Crippen molar-refractivity contribution in [2.75, 3.05) is 11.5 Å². The molecule has 116 valence electrons. The molecule has 19 heavy (non-hydrogen) atoms. The van der Waals surface area contributed by atoms with Gasteiger partial charge in [0.1, 0.15) is 0 Å². The van der Waals surface area contributed by atoms with E-state index in [0.29, 0.717) is 0 Å². The molecular formula is C16H36S2Sn. The van der Waals surface area contributed by atoms with Crippen molar-refractivity contribution >= 4 is 49.2 Å². The second kappa shape index (κ2) is 36.6. The SMILES string of the molecule is CC(C)CC[S-].CC(C)CC[S-].C[CH]C.C[CH]C.[Sn+2]. The number of hydrogen-bond donors (Lipinski definition) is 0. The summed E-state index contributed by atoms with van der Waals surface area (Å²) in [5, 5.41) is 0. The first-order chi connectivity index (χ1) is 8.37. The minimum Gasteiger partial charge on any atom is -0.793 e. The Kier molecular flexibility index (Phi) is 62.5. The zero-order chi connectivity index (χ0) is 15.4. The first-order valence-corrected chi connectivity index (χ1v) is 8.17. The van der Waals surface area contributed by atoms with E-state index in [0.717, 1.165) is 23.3 Å². The molecule has 0 aliphatic carbocycles. The normalized spacial score (nSPS) is 8.21. The molecule has 0 aliphatic rings. The fourth-order valence-corrected chi connectivity index (χ4v) is 1.41. The van der Waals surface area contributed by atoms with Crippen molar-refractivity contribution in [3.63, 3.8) is 0 Å². The van der Waals surface area contributed by atoms with Crippen LogP contribution in [0, 0.1) is 24.7 Å². The van der Waals surface area contributed by atoms with Gasteiger partial charge in [0.2, 0.25) is 0 Å². The van der Waals surface area contributed by atoms with Crippen molar-refractivity contribution < 1.29 is 0 Å². The first-order valence-electron chi connectivity index (χ1n) is 7.01. The van der Waals surface area contributed by atoms with Crippen LogP contribution in [0.2, 0.25) is 0 Å². The molecule has 0 nitrogen and oxygen atoms in total. The molecule has 0 amide bonds. The van der Waals surface area contributed by atoms with Crippen LogP contribution in [-0.2, 0) is 25.3 Å². The predicted octanol–water partition coefficient (Wildman–Crippen LogP) is 5.24. The molecule has 0 rings (SSSR count). The van der Waals surface area contributed by atoms with Gasteiger partial charge in [0.25, 0.3) is 0 Å². The predicted molar refractivity (Wildman–Crippen MR) is 100 cm³/mol. The molecule has 0 aromatic heterocycles. The third-order valence-electron chi connectivity index (χ3n) is 1.39. The van der Waals surface area contributed by atoms with E-state index in [-0.39, 0.29) is 23.9 Å². The largest absolute Gasteiger partial charge is 2.00 e. The summed E-state index contributed by atoms with van der Waals surface area (Å²) in [4.78, 5) is 0. The Bertz CT molecular complexity index is 84.7. The van der Waals surface area contributed by atoms with Crippen LogP contribution in [-0.4, -0.2) is 35.4 Å². The summed E-state index contributed by atoms with van der Waals surface area (Å²) in [6, 6.07) is 0. The van der Waals surface area contributed by atoms with Gasteiger partial charge in [0.05, 0.1) is 0 Å². The molecule has 0 spiro atoms. The summed E-state index contributed by atoms with van der Waals surface area (Å²) in [6.45, 7) is 16.7. The van der Waals surface area contributed by atoms with E-state index < -0.39 is 0 Å². The Balaban J connectivity index is -0.0000000476. The van der Waals surface area contributed by atoms with Crippen LogP contribution in [0.3, 0.4) is 0 Å². The van der Waals surface area contributed by atoms with Gasteiger partial charge >= 0.3 is 23.9 Å². The van der Waals surface area contributed by atoms with Crippen molar-refractivity contribution in [2.45, 2.75) is 68.2 Å². The number of hydrogen-bond acceptors (Lipinski definition) is 2. The Hall–Kier alpha value is 1.50. The fourth-order valence-electron chi connectivity index (χ4n) is 0.471. The van der Waals surface area contributed by atoms with E-state index in [1.54, 1.807) is 0 Å². The molecule has 0 atom stereocenters. The average Bonchev–Trinajstić information content (AvgIpc) is 2.20. The van der Waals surface area contributed by atoms with E-state index in [1.165, 1.54) is 12.8 Å². The zero-order valence-corrected chi connectivity index (χ0v) is 18.9. The second-order valence-electron chi connectivity index (χ2n) is 4.93. The van der Waals surface area contributed by atoms with Crippen LogP contribution in [0.25, 0.3) is 0 Å². The van der Waals surface area contributed by atoms with E-state index in [1.807, 2.05) is 40.5 Å². The van der Waals surface area contributed by atoms with Gasteiger partial charge in [-0.05, 0) is 24.7 Å². The summed E-state index contributed by atoms with van der Waals surface area (Å²) in [7, 11) is 0. The molecular weight excluding hydrogens is 375 g/mol. The van der Waals surface area contributed by atoms with Crippen molar-refractivity contribution in [1.29, 1.82) is 0 Å². The van der Waals surface area contributed by atoms with E-state index in [4.69, 9.17) is 25.3 Å². The van der Waals surface area contributed by atoms with Gasteiger partial charge in [-0.3, -0.25) is 0 Å². The Morgan fingerprint density at radius 2 is 0.842 bits per heavy atom. The minimum absolute atomic E-state index is 0. The molecule has 0 aromatic carbocycles. The van der Waals surface area contributed by atoms with Crippen LogP contribution in [0.15, 0.2) is 0 Å². The van der Waals surface area contributed by atoms with Gasteiger partial charge in [-0.25, -0.2) is 0 Å². The zero-order valence-electron chi connectivity index (χ0n) is 14.5. The van der Waals surface area contributed by atoms with Crippen molar-refractivity contribution in [3.05, 3.63) is 12.8 Å². The third kappa shape index (κ3) is 106. The molecule has 0 N–H and O–H groups in total. The van der Waals surface area contributed by atoms with Crippen molar-refractivity contribution in [1.82, 2.24) is 0 Å². The van der Waals surface area contributed by atoms with Gasteiger partial charge in [-0.1, -0.05) is 68.2 Å². The Morgan fingerprint density at radius 1 is 0.684 bits per heavy atom. The minimum atomic E-state index is 0. The molecule has 0 bridgehead atoms. The van der Waals surface area contributed by atoms with Crippen LogP contribution < -0.4 is 0 Å².